The van der Waals surface area contributed by atoms with E-state index in [1.54, 1.807) is 85.1 Å². The normalized spacial score (nSPS) is 15.6. The number of phenolic OH excluding ortho intramolecular Hbond substituents is 1. The molecule has 34 N–H and O–H groups in total. The molecule has 0 unspecified atom stereocenters. The number of amides is 17. The van der Waals surface area contributed by atoms with Gasteiger partial charge >= 0.3 is 11.9 Å². The lowest BCUT2D eigenvalue weighted by molar-refractivity contribution is -0.145. The number of imidazole rings is 1. The van der Waals surface area contributed by atoms with Crippen LogP contribution in [-0.4, -0.2) is 326 Å². The number of nitrogens with zero attached hydrogens (tertiary/aromatic N) is 2. The van der Waals surface area contributed by atoms with Crippen LogP contribution in [0.1, 0.15) is 113 Å². The Labute approximate surface area is 857 Å². The second-order valence-electron chi connectivity index (χ2n) is 35.2. The molecule has 800 valence electrons. The fraction of sp³-hybridized carbons (Fsp3) is 0.447. The van der Waals surface area contributed by atoms with E-state index in [1.165, 1.54) is 49.9 Å². The molecule has 1 fully saturated rings. The summed E-state index contributed by atoms with van der Waals surface area (Å²) in [6.07, 6.45) is -4.38. The topological polar surface area (TPSA) is 839 Å². The zero-order chi connectivity index (χ0) is 109. The van der Waals surface area contributed by atoms with E-state index in [4.69, 9.17) is 28.0 Å². The number of thiol groups is 2. The number of aliphatic carboxylic acids is 2. The van der Waals surface area contributed by atoms with E-state index in [-0.39, 0.29) is 94.4 Å². The van der Waals surface area contributed by atoms with E-state index in [1.807, 2.05) is 0 Å². The summed E-state index contributed by atoms with van der Waals surface area (Å²) >= 11 is 8.70. The number of aliphatic hydroxyl groups is 3. The largest absolute Gasteiger partial charge is 0.508 e. The molecule has 17 amide bonds. The molecule has 54 heteroatoms. The predicted octanol–water partition coefficient (Wildman–Crippen LogP) is -7.14. The number of nitrogens with one attached hydrogen (secondary N) is 22. The highest BCUT2D eigenvalue weighted by Gasteiger charge is 2.44. The summed E-state index contributed by atoms with van der Waals surface area (Å²) in [4.78, 5) is 281. The number of primary amides is 1. The quantitative estimate of drug-likeness (QED) is 0.00729. The van der Waals surface area contributed by atoms with Gasteiger partial charge in [-0.1, -0.05) is 78.9 Å². The van der Waals surface area contributed by atoms with Gasteiger partial charge in [0.1, 0.15) is 96.4 Å². The van der Waals surface area contributed by atoms with Crippen LogP contribution in [0.5, 0.6) is 5.75 Å². The third-order valence-electron chi connectivity index (χ3n) is 23.7. The molecular formula is C94H127N27O25S2. The van der Waals surface area contributed by atoms with E-state index in [0.29, 0.717) is 38.5 Å². The van der Waals surface area contributed by atoms with Crippen molar-refractivity contribution in [3.8, 4) is 5.75 Å². The number of H-pyrrole nitrogens is 3. The van der Waals surface area contributed by atoms with Crippen molar-refractivity contribution in [1.82, 2.24) is 115 Å². The van der Waals surface area contributed by atoms with Crippen molar-refractivity contribution in [2.45, 2.75) is 227 Å². The molecule has 3 aromatic heterocycles. The first-order valence-corrected chi connectivity index (χ1v) is 48.4. The molecule has 0 radical (unpaired) electrons. The van der Waals surface area contributed by atoms with Crippen LogP contribution in [0.2, 0.25) is 0 Å². The number of aliphatic hydroxyl groups excluding tert-OH is 3. The molecule has 4 heterocycles. The molecule has 8 rings (SSSR count). The number of hydrogen-bond acceptors (Lipinski definition) is 28. The van der Waals surface area contributed by atoms with Gasteiger partial charge < -0.3 is 158 Å². The van der Waals surface area contributed by atoms with Gasteiger partial charge in [0, 0.05) is 123 Å². The number of phenols is 1. The minimum atomic E-state index is -2.06. The number of carboxylic acid groups (broad SMARTS) is 2. The van der Waals surface area contributed by atoms with Gasteiger partial charge in [0.15, 0.2) is 11.9 Å². The molecule has 0 spiro atoms. The van der Waals surface area contributed by atoms with Crippen molar-refractivity contribution in [3.05, 3.63) is 156 Å². The van der Waals surface area contributed by atoms with Crippen LogP contribution < -0.4 is 108 Å². The van der Waals surface area contributed by atoms with Crippen molar-refractivity contribution >= 4 is 171 Å². The lowest BCUT2D eigenvalue weighted by atomic mass is 10.0. The van der Waals surface area contributed by atoms with Gasteiger partial charge in [-0.15, -0.1) is 0 Å². The number of benzene rings is 4. The van der Waals surface area contributed by atoms with Crippen molar-refractivity contribution < 1.29 is 122 Å². The Morgan fingerprint density at radius 2 is 0.824 bits per heavy atom. The summed E-state index contributed by atoms with van der Waals surface area (Å²) in [5.74, 6) is -23.5. The molecule has 0 bridgehead atoms. The number of guanidine groups is 2. The molecule has 0 aliphatic carbocycles. The number of aromatic hydroxyl groups is 1. The second kappa shape index (κ2) is 57.6. The number of rotatable bonds is 59. The fourth-order valence-corrected chi connectivity index (χ4v) is 16.5. The van der Waals surface area contributed by atoms with Gasteiger partial charge in [-0.25, -0.2) is 4.98 Å². The number of fused-ring (bicyclic) bond motifs is 2. The Kier molecular flexibility index (Phi) is 45.7. The molecule has 1 aliphatic rings. The minimum absolute atomic E-state index is 0.00685. The van der Waals surface area contributed by atoms with Crippen LogP contribution >= 0.6 is 25.3 Å². The Bertz CT molecular complexity index is 5840. The Balaban J connectivity index is 1.03. The minimum Gasteiger partial charge on any atom is -0.508 e. The number of nitrogens with two attached hydrogens (primary N) is 3. The summed E-state index contributed by atoms with van der Waals surface area (Å²) in [5.41, 5.74) is 19.3. The maximum Gasteiger partial charge on any atom is 0.305 e. The number of hydrogen-bond donors (Lipinski definition) is 33. The third-order valence-corrected chi connectivity index (χ3v) is 24.4. The summed E-state index contributed by atoms with van der Waals surface area (Å²) < 4.78 is 0. The first kappa shape index (κ1) is 117. The van der Waals surface area contributed by atoms with E-state index in [2.05, 4.69) is 136 Å². The van der Waals surface area contributed by atoms with Gasteiger partial charge in [0.05, 0.1) is 37.6 Å². The molecule has 7 aromatic rings. The molecular weight excluding hydrogens is 1970 g/mol. The van der Waals surface area contributed by atoms with Gasteiger partial charge in [-0.3, -0.25) is 102 Å². The molecule has 0 saturated carbocycles. The average molecular weight is 2100 g/mol. The second-order valence-corrected chi connectivity index (χ2v) is 36.0. The lowest BCUT2D eigenvalue weighted by Gasteiger charge is -2.31. The highest BCUT2D eigenvalue weighted by molar-refractivity contribution is 7.80. The van der Waals surface area contributed by atoms with Crippen LogP contribution in [0.25, 0.3) is 21.8 Å². The number of likely N-dealkylation sites (tertiary alicyclic amines) is 1. The van der Waals surface area contributed by atoms with Crippen molar-refractivity contribution in [3.63, 3.8) is 0 Å². The van der Waals surface area contributed by atoms with Crippen molar-refractivity contribution in [2.24, 2.45) is 17.2 Å². The summed E-state index contributed by atoms with van der Waals surface area (Å²) in [6.45, 7) is 3.50. The van der Waals surface area contributed by atoms with E-state index < -0.39 is 283 Å². The first-order chi connectivity index (χ1) is 70.3. The van der Waals surface area contributed by atoms with Crippen LogP contribution in [0.15, 0.2) is 128 Å². The Morgan fingerprint density at radius 1 is 0.432 bits per heavy atom. The van der Waals surface area contributed by atoms with E-state index >= 15 is 24.0 Å². The maximum absolute atomic E-state index is 15.4. The van der Waals surface area contributed by atoms with E-state index in [9.17, 15) is 97.8 Å². The smallest absolute Gasteiger partial charge is 0.305 e. The Morgan fingerprint density at radius 3 is 1.27 bits per heavy atom. The van der Waals surface area contributed by atoms with Crippen LogP contribution in [0.3, 0.4) is 0 Å². The number of carbonyl (C=O) groups is 19. The van der Waals surface area contributed by atoms with Crippen LogP contribution in [0.4, 0.5) is 0 Å². The predicted molar refractivity (Wildman–Crippen MR) is 538 cm³/mol. The molecule has 52 nitrogen and oxygen atoms in total. The van der Waals surface area contributed by atoms with Gasteiger partial charge in [-0.05, 0) is 112 Å². The van der Waals surface area contributed by atoms with Gasteiger partial charge in [0.25, 0.3) is 0 Å². The molecule has 1 aliphatic heterocycles. The zero-order valence-electron chi connectivity index (χ0n) is 81.1. The molecule has 1 saturated heterocycles. The number of carbonyl (C=O) groups excluding carboxylic acids is 17. The zero-order valence-corrected chi connectivity index (χ0v) is 82.9. The molecule has 18 atom stereocenters. The number of aromatic nitrogens is 4. The standard InChI is InChI=1S/C94H127N27O25S2/c1-46(122)75(118-81(135)61(22-13-31-102-94(98)99)108-87(141)69(43-147)116-79(133)60(21-12-30-101-93(96)97)110-89(143)71-23-14-32-121(71)92(146)77(48(3)124)120-86(140)68(38-74(130)131)107-49(4)125)91(145)115-66(36-53-40-104-59-20-11-9-18-57(53)59)83(137)109-62(28-29-73(128)129)80(134)117-70(44-148)88(142)111-64(34-51-24-26-55(126)27-25-51)82(136)112-65(35-52-39-103-58-19-10-8-17-56(52)58)84(138)113-67(37-54-41-100-45-106-54)85(139)119-76(47(2)123)90(144)114-63(78(132)105-42-72(95)127)33-50-15-6-5-7-16-50/h5-11,15-20,24-27,39-41,45-48,60-71,75-77,103-104,122-124,126,147-148H,12-14,21-23,28-38,42-44H2,1-4H3,(H2,95,127)(H,100,106)(H,105,132)(H,107,125)(H,108,141)(H,109,137)(H,110,143)(H,111,142)(H,112,136)(H,113,138)(H,114,144)(H,115,145)(H,116,133)(H,117,134)(H,118,135)(H,119,139)(H,120,140)(H,128,129)(H,130,131)(H4,96,97,101)(H4,98,99,102)/t46-,47-,48-,60+,61+,62+,63+,64+,65+,66+,67+,68+,69+,70+,71+,75+,76+,77+/m1/s1. The monoisotopic (exact) mass is 2100 g/mol. The van der Waals surface area contributed by atoms with Crippen LogP contribution in [0, 0.1) is 10.8 Å². The maximum atomic E-state index is 15.4. The Hall–Kier alpha value is -16.0. The SMILES string of the molecule is CC(=O)N[C@@H](CC(=O)O)C(=O)N[C@H](C(=O)N1CCC[C@H]1C(=O)N[C@@H](CCCNC(=N)N)C(=O)N[C@@H](CS)C(=O)N[C@@H](CCCNC(=N)N)C(=O)N[C@H](C(=O)N[C@@H](Cc1c[nH]c2ccccc12)C(=O)N[C@@H](CCC(=O)O)C(=O)N[C@@H](CS)C(=O)N[C@@H](Cc1ccc(O)cc1)C(=O)N[C@@H](Cc1c[nH]c2ccccc12)C(=O)N[C@@H](Cc1cnc[nH]1)C(=O)N[C@H](C(=O)N[C@@H](Cc1ccccc1)C(=O)NCC(N)=O)[C@@H](C)O)[C@@H](C)O)[C@@H](C)O. The number of carboxylic acids is 2. The third kappa shape index (κ3) is 36.6. The van der Waals surface area contributed by atoms with Gasteiger partial charge in [-0.2, -0.15) is 25.3 Å². The van der Waals surface area contributed by atoms with Crippen LogP contribution in [-0.2, 0) is 123 Å². The number of aromatic amines is 3. The van der Waals surface area contributed by atoms with Crippen molar-refractivity contribution in [1.29, 1.82) is 10.8 Å². The lowest BCUT2D eigenvalue weighted by Crippen LogP contribution is -2.63. The molecule has 4 aromatic carbocycles. The fourth-order valence-electron chi connectivity index (χ4n) is 16.0. The summed E-state index contributed by atoms with van der Waals surface area (Å²) in [6, 6.07) is 1.35. The average Bonchev–Trinajstić information content (AvgIpc) is 1.66. The highest BCUT2D eigenvalue weighted by Crippen LogP contribution is 2.25. The van der Waals surface area contributed by atoms with Crippen molar-refractivity contribution in [2.75, 3.05) is 37.7 Å². The molecule has 148 heavy (non-hydrogen) atoms. The summed E-state index contributed by atoms with van der Waals surface area (Å²) in [5, 5.41) is 122. The van der Waals surface area contributed by atoms with Gasteiger partial charge in [0.2, 0.25) is 100 Å². The first-order valence-electron chi connectivity index (χ1n) is 47.1. The highest BCUT2D eigenvalue weighted by atomic mass is 32.1. The van der Waals surface area contributed by atoms with E-state index in [0.717, 1.165) is 25.7 Å². The number of para-hydroxylation sites is 2. The summed E-state index contributed by atoms with van der Waals surface area (Å²) in [7, 11) is 0.